The van der Waals surface area contributed by atoms with Gasteiger partial charge in [0.15, 0.2) is 0 Å². The zero-order valence-electron chi connectivity index (χ0n) is 22.7. The maximum Gasteiger partial charge on any atom is 0.326 e. The normalized spacial score (nSPS) is 11.3. The number of para-hydroxylation sites is 1. The summed E-state index contributed by atoms with van der Waals surface area (Å²) >= 11 is 0. The number of nitrogens with one attached hydrogen (secondary N) is 3. The highest BCUT2D eigenvalue weighted by Crippen LogP contribution is 2.26. The fourth-order valence-corrected chi connectivity index (χ4v) is 3.97. The number of carboxylic acid groups (broad SMARTS) is 1. The number of hydrogen-bond donors (Lipinski definition) is 4. The lowest BCUT2D eigenvalue weighted by atomic mass is 10.1. The fourth-order valence-electron chi connectivity index (χ4n) is 3.97. The summed E-state index contributed by atoms with van der Waals surface area (Å²) < 4.78 is 7.22. The first kappa shape index (κ1) is 29.7. The van der Waals surface area contributed by atoms with Crippen LogP contribution in [0.2, 0.25) is 0 Å². The van der Waals surface area contributed by atoms with Crippen molar-refractivity contribution in [3.8, 4) is 5.75 Å². The van der Waals surface area contributed by atoms with Crippen LogP contribution in [0, 0.1) is 6.92 Å². The van der Waals surface area contributed by atoms with Crippen molar-refractivity contribution in [2.45, 2.75) is 39.3 Å². The zero-order valence-corrected chi connectivity index (χ0v) is 22.7. The molecule has 12 nitrogen and oxygen atoms in total. The number of nitrogens with zero attached hydrogens (tertiary/aromatic N) is 3. The smallest absolute Gasteiger partial charge is 0.326 e. The molecule has 0 saturated carbocycles. The van der Waals surface area contributed by atoms with Gasteiger partial charge in [0.1, 0.15) is 11.8 Å². The predicted octanol–water partition coefficient (Wildman–Crippen LogP) is 2.89. The lowest BCUT2D eigenvalue weighted by Gasteiger charge is -2.26. The third kappa shape index (κ3) is 8.58. The fraction of sp³-hybridized carbons (Fsp3) is 0.321. The van der Waals surface area contributed by atoms with Gasteiger partial charge in [-0.1, -0.05) is 24.3 Å². The van der Waals surface area contributed by atoms with E-state index in [1.165, 1.54) is 18.9 Å². The molecule has 0 aliphatic carbocycles. The standard InChI is InChI=1S/C28H34N6O6/c1-19-7-4-5-8-22(19)31-28(39)32-23-10-9-21(15-24(23)40-3)16-25(35)30-17-26(36)34(20(2)27(37)38)13-6-12-33-14-11-29-18-33/h4-5,7-11,14-15,18,20H,6,12-13,16-17H2,1-3H3,(H,30,35)(H,37,38)(H2,31,32,39). The monoisotopic (exact) mass is 550 g/mol. The number of urea groups is 1. The average Bonchev–Trinajstić information content (AvgIpc) is 3.45. The molecule has 3 rings (SSSR count). The van der Waals surface area contributed by atoms with Gasteiger partial charge in [-0.25, -0.2) is 14.6 Å². The number of benzene rings is 2. The highest BCUT2D eigenvalue weighted by atomic mass is 16.5. The summed E-state index contributed by atoms with van der Waals surface area (Å²) in [4.78, 5) is 54.6. The lowest BCUT2D eigenvalue weighted by Crippen LogP contribution is -2.48. The summed E-state index contributed by atoms with van der Waals surface area (Å²) in [5.41, 5.74) is 2.61. The number of carboxylic acids is 1. The van der Waals surface area contributed by atoms with Crippen LogP contribution in [0.1, 0.15) is 24.5 Å². The van der Waals surface area contributed by atoms with Crippen molar-refractivity contribution in [3.05, 3.63) is 72.3 Å². The van der Waals surface area contributed by atoms with E-state index in [0.29, 0.717) is 35.7 Å². The summed E-state index contributed by atoms with van der Waals surface area (Å²) in [7, 11) is 1.45. The minimum atomic E-state index is -1.13. The number of carbonyl (C=O) groups is 4. The Kier molecular flexibility index (Phi) is 10.6. The number of imidazole rings is 1. The molecule has 3 aromatic rings. The molecule has 40 heavy (non-hydrogen) atoms. The molecule has 0 saturated heterocycles. The van der Waals surface area contributed by atoms with Crippen LogP contribution in [0.15, 0.2) is 61.2 Å². The maximum atomic E-state index is 12.8. The minimum absolute atomic E-state index is 0.0472. The molecule has 0 aliphatic rings. The van der Waals surface area contributed by atoms with Gasteiger partial charge in [0, 0.05) is 31.2 Å². The number of amides is 4. The van der Waals surface area contributed by atoms with Crippen LogP contribution >= 0.6 is 0 Å². The average molecular weight is 551 g/mol. The molecular formula is C28H34N6O6. The quantitative estimate of drug-likeness (QED) is 0.255. The molecule has 0 aliphatic heterocycles. The number of aryl methyl sites for hydroxylation is 2. The van der Waals surface area contributed by atoms with Crippen LogP contribution in [0.25, 0.3) is 0 Å². The molecular weight excluding hydrogens is 516 g/mol. The summed E-state index contributed by atoms with van der Waals surface area (Å²) in [6.45, 7) is 3.77. The second-order valence-electron chi connectivity index (χ2n) is 9.14. The highest BCUT2D eigenvalue weighted by molar-refractivity contribution is 6.01. The molecule has 1 heterocycles. The molecule has 212 valence electrons. The summed E-state index contributed by atoms with van der Waals surface area (Å²) in [6.07, 6.45) is 5.54. The van der Waals surface area contributed by atoms with E-state index in [1.807, 2.05) is 29.7 Å². The molecule has 1 atom stereocenters. The molecule has 0 fully saturated rings. The summed E-state index contributed by atoms with van der Waals surface area (Å²) in [5.74, 6) is -1.68. The Morgan fingerprint density at radius 3 is 2.52 bits per heavy atom. The lowest BCUT2D eigenvalue weighted by molar-refractivity contribution is -0.149. The van der Waals surface area contributed by atoms with Crippen molar-refractivity contribution in [1.82, 2.24) is 19.8 Å². The van der Waals surface area contributed by atoms with E-state index in [4.69, 9.17) is 4.74 Å². The van der Waals surface area contributed by atoms with Gasteiger partial charge in [-0.3, -0.25) is 9.59 Å². The van der Waals surface area contributed by atoms with E-state index in [9.17, 15) is 24.3 Å². The SMILES string of the molecule is COc1cc(CC(=O)NCC(=O)N(CCCn2ccnc2)C(C)C(=O)O)ccc1NC(=O)Nc1ccccc1C. The first-order chi connectivity index (χ1) is 19.2. The molecule has 12 heteroatoms. The Balaban J connectivity index is 1.54. The van der Waals surface area contributed by atoms with Crippen molar-refractivity contribution in [1.29, 1.82) is 0 Å². The van der Waals surface area contributed by atoms with Crippen LogP contribution in [0.3, 0.4) is 0 Å². The third-order valence-corrected chi connectivity index (χ3v) is 6.23. The van der Waals surface area contributed by atoms with Gasteiger partial charge in [-0.2, -0.15) is 0 Å². The molecule has 4 N–H and O–H groups in total. The van der Waals surface area contributed by atoms with Gasteiger partial charge >= 0.3 is 12.0 Å². The second-order valence-corrected chi connectivity index (χ2v) is 9.14. The van der Waals surface area contributed by atoms with Crippen LogP contribution in [-0.4, -0.2) is 69.6 Å². The van der Waals surface area contributed by atoms with Gasteiger partial charge < -0.3 is 35.3 Å². The van der Waals surface area contributed by atoms with E-state index >= 15 is 0 Å². The number of rotatable bonds is 13. The molecule has 2 aromatic carbocycles. The number of methoxy groups -OCH3 is 1. The van der Waals surface area contributed by atoms with Crippen LogP contribution in [0.5, 0.6) is 5.75 Å². The number of anilines is 2. The van der Waals surface area contributed by atoms with Crippen molar-refractivity contribution < 1.29 is 29.0 Å². The number of aliphatic carboxylic acids is 1. The van der Waals surface area contributed by atoms with Crippen molar-refractivity contribution in [2.75, 3.05) is 30.8 Å². The second kappa shape index (κ2) is 14.3. The van der Waals surface area contributed by atoms with E-state index in [2.05, 4.69) is 20.9 Å². The maximum absolute atomic E-state index is 12.8. The van der Waals surface area contributed by atoms with E-state index in [-0.39, 0.29) is 19.5 Å². The minimum Gasteiger partial charge on any atom is -0.495 e. The Bertz CT molecular complexity index is 1330. The summed E-state index contributed by atoms with van der Waals surface area (Å²) in [5, 5.41) is 17.5. The van der Waals surface area contributed by atoms with Crippen molar-refractivity contribution in [3.63, 3.8) is 0 Å². The number of aromatic nitrogens is 2. The topological polar surface area (TPSA) is 155 Å². The predicted molar refractivity (Wildman–Crippen MR) is 149 cm³/mol. The number of ether oxygens (including phenoxy) is 1. The van der Waals surface area contributed by atoms with Gasteiger partial charge in [-0.05, 0) is 49.6 Å². The number of hydrogen-bond acceptors (Lipinski definition) is 6. The van der Waals surface area contributed by atoms with Gasteiger partial charge in [0.2, 0.25) is 11.8 Å². The molecule has 0 spiro atoms. The highest BCUT2D eigenvalue weighted by Gasteiger charge is 2.25. The molecule has 0 bridgehead atoms. The first-order valence-electron chi connectivity index (χ1n) is 12.7. The largest absolute Gasteiger partial charge is 0.495 e. The molecule has 1 aromatic heterocycles. The van der Waals surface area contributed by atoms with Crippen molar-refractivity contribution in [2.24, 2.45) is 0 Å². The Hall–Kier alpha value is -4.87. The number of carbonyl (C=O) groups excluding carboxylic acids is 3. The van der Waals surface area contributed by atoms with E-state index in [0.717, 1.165) is 5.56 Å². The Morgan fingerprint density at radius 1 is 1.10 bits per heavy atom. The molecule has 1 unspecified atom stereocenters. The first-order valence-corrected chi connectivity index (χ1v) is 12.7. The Labute approximate surface area is 232 Å². The summed E-state index contributed by atoms with van der Waals surface area (Å²) in [6, 6.07) is 10.8. The molecule has 0 radical (unpaired) electrons. The van der Waals surface area contributed by atoms with Crippen LogP contribution in [-0.2, 0) is 27.3 Å². The van der Waals surface area contributed by atoms with Crippen LogP contribution < -0.4 is 20.7 Å². The van der Waals surface area contributed by atoms with Gasteiger partial charge in [-0.15, -0.1) is 0 Å². The van der Waals surface area contributed by atoms with E-state index < -0.39 is 29.9 Å². The van der Waals surface area contributed by atoms with Crippen LogP contribution in [0.4, 0.5) is 16.2 Å². The van der Waals surface area contributed by atoms with Crippen molar-refractivity contribution >= 4 is 35.2 Å². The van der Waals surface area contributed by atoms with Gasteiger partial charge in [0.05, 0.1) is 32.1 Å². The third-order valence-electron chi connectivity index (χ3n) is 6.23. The Morgan fingerprint density at radius 2 is 1.85 bits per heavy atom. The van der Waals surface area contributed by atoms with Gasteiger partial charge in [0.25, 0.3) is 0 Å². The molecule has 4 amide bonds. The zero-order chi connectivity index (χ0) is 29.1. The van der Waals surface area contributed by atoms with E-state index in [1.54, 1.807) is 43.0 Å².